The lowest BCUT2D eigenvalue weighted by Gasteiger charge is -2.08. The molecule has 178 valence electrons. The Bertz CT molecular complexity index is 1270. The molecule has 1 aromatic heterocycles. The van der Waals surface area contributed by atoms with Gasteiger partial charge in [0.25, 0.3) is 0 Å². The maximum absolute atomic E-state index is 11.0. The first-order valence-electron chi connectivity index (χ1n) is 11.3. The number of hydrogen-bond acceptors (Lipinski definition) is 6. The Morgan fingerprint density at radius 3 is 2.29 bits per heavy atom. The Morgan fingerprint density at radius 1 is 0.914 bits per heavy atom. The van der Waals surface area contributed by atoms with Crippen LogP contribution in [-0.4, -0.2) is 21.8 Å². The number of nitrogens with zero attached hydrogens (tertiary/aromatic N) is 2. The van der Waals surface area contributed by atoms with Gasteiger partial charge in [0.05, 0.1) is 12.1 Å². The Labute approximate surface area is 203 Å². The van der Waals surface area contributed by atoms with Crippen LogP contribution in [0.2, 0.25) is 0 Å². The van der Waals surface area contributed by atoms with Gasteiger partial charge in [-0.15, -0.1) is 0 Å². The van der Waals surface area contributed by atoms with E-state index in [0.717, 1.165) is 28.1 Å². The highest BCUT2D eigenvalue weighted by Gasteiger charge is 2.12. The molecule has 0 unspecified atom stereocenters. The molecule has 0 aliphatic carbocycles. The van der Waals surface area contributed by atoms with Crippen molar-refractivity contribution in [3.63, 3.8) is 0 Å². The fourth-order valence-corrected chi connectivity index (χ4v) is 3.38. The second-order valence-electron chi connectivity index (χ2n) is 7.89. The minimum atomic E-state index is -0.874. The van der Waals surface area contributed by atoms with Crippen molar-refractivity contribution in [1.29, 1.82) is 0 Å². The molecule has 0 aliphatic rings. The van der Waals surface area contributed by atoms with Crippen molar-refractivity contribution in [1.82, 2.24) is 4.98 Å². The van der Waals surface area contributed by atoms with Crippen molar-refractivity contribution < 1.29 is 23.9 Å². The van der Waals surface area contributed by atoms with E-state index in [-0.39, 0.29) is 13.0 Å². The Hall–Kier alpha value is -4.39. The summed E-state index contributed by atoms with van der Waals surface area (Å²) in [6, 6.07) is 26.7. The first kappa shape index (κ1) is 23.8. The van der Waals surface area contributed by atoms with Crippen molar-refractivity contribution in [2.45, 2.75) is 33.0 Å². The highest BCUT2D eigenvalue weighted by molar-refractivity contribution is 6.01. The molecule has 7 nitrogen and oxygen atoms in total. The van der Waals surface area contributed by atoms with Gasteiger partial charge in [0, 0.05) is 12.0 Å². The first-order chi connectivity index (χ1) is 17.1. The summed E-state index contributed by atoms with van der Waals surface area (Å²) in [5.41, 5.74) is 4.03. The highest BCUT2D eigenvalue weighted by Crippen LogP contribution is 2.23. The van der Waals surface area contributed by atoms with Crippen LogP contribution in [0.1, 0.15) is 35.4 Å². The zero-order chi connectivity index (χ0) is 24.5. The van der Waals surface area contributed by atoms with E-state index in [4.69, 9.17) is 19.1 Å². The molecule has 35 heavy (non-hydrogen) atoms. The van der Waals surface area contributed by atoms with E-state index >= 15 is 0 Å². The predicted octanol–water partition coefficient (Wildman–Crippen LogP) is 6.01. The summed E-state index contributed by atoms with van der Waals surface area (Å²) in [4.78, 5) is 21.1. The maximum atomic E-state index is 11.0. The largest absolute Gasteiger partial charge is 0.487 e. The molecule has 0 bridgehead atoms. The lowest BCUT2D eigenvalue weighted by molar-refractivity contribution is -0.136. The average molecular weight is 471 g/mol. The number of aromatic nitrogens is 1. The molecule has 0 aliphatic heterocycles. The number of oxime groups is 1. The molecule has 0 fully saturated rings. The molecule has 0 radical (unpaired) electrons. The molecule has 0 saturated carbocycles. The summed E-state index contributed by atoms with van der Waals surface area (Å²) in [7, 11) is 0. The van der Waals surface area contributed by atoms with Crippen LogP contribution < -0.4 is 4.74 Å². The van der Waals surface area contributed by atoms with Crippen molar-refractivity contribution in [2.24, 2.45) is 5.16 Å². The van der Waals surface area contributed by atoms with Crippen LogP contribution in [0.25, 0.3) is 11.5 Å². The average Bonchev–Trinajstić information content (AvgIpc) is 3.27. The molecule has 0 saturated heterocycles. The van der Waals surface area contributed by atoms with Gasteiger partial charge < -0.3 is 19.1 Å². The van der Waals surface area contributed by atoms with E-state index in [1.54, 1.807) is 0 Å². The van der Waals surface area contributed by atoms with Crippen LogP contribution >= 0.6 is 0 Å². The monoisotopic (exact) mass is 470 g/mol. The van der Waals surface area contributed by atoms with Gasteiger partial charge in [-0.2, -0.15) is 0 Å². The number of carbonyl (C=O) groups is 1. The molecule has 4 aromatic rings. The lowest BCUT2D eigenvalue weighted by atomic mass is 10.1. The number of carboxylic acids is 1. The third-order valence-electron chi connectivity index (χ3n) is 5.30. The van der Waals surface area contributed by atoms with Gasteiger partial charge in [-0.1, -0.05) is 65.8 Å². The zero-order valence-electron chi connectivity index (χ0n) is 19.4. The van der Waals surface area contributed by atoms with Gasteiger partial charge in [-0.3, -0.25) is 4.79 Å². The van der Waals surface area contributed by atoms with E-state index in [0.29, 0.717) is 30.4 Å². The van der Waals surface area contributed by atoms with Crippen molar-refractivity contribution in [2.75, 3.05) is 0 Å². The van der Waals surface area contributed by atoms with Crippen molar-refractivity contribution in [3.8, 4) is 17.2 Å². The number of aliphatic carboxylic acids is 1. The standard InChI is InChI=1S/C28H26N2O5/c1-20-26(29-28(35-20)23-10-6-3-7-11-23)19-33-24-14-12-21(13-15-24)18-34-30-25(16-17-27(31)32)22-8-4-2-5-9-22/h2-15H,16-19H2,1H3,(H,31,32). The van der Waals surface area contributed by atoms with Crippen LogP contribution in [0, 0.1) is 6.92 Å². The van der Waals surface area contributed by atoms with Gasteiger partial charge in [-0.05, 0) is 42.3 Å². The van der Waals surface area contributed by atoms with Gasteiger partial charge in [-0.25, -0.2) is 4.98 Å². The summed E-state index contributed by atoms with van der Waals surface area (Å²) in [6.07, 6.45) is 0.278. The third-order valence-corrected chi connectivity index (χ3v) is 5.30. The number of carboxylic acid groups (broad SMARTS) is 1. The van der Waals surface area contributed by atoms with Gasteiger partial charge in [0.15, 0.2) is 0 Å². The Balaban J connectivity index is 1.32. The van der Waals surface area contributed by atoms with Crippen LogP contribution in [0.15, 0.2) is 94.5 Å². The van der Waals surface area contributed by atoms with Gasteiger partial charge >= 0.3 is 5.97 Å². The zero-order valence-corrected chi connectivity index (χ0v) is 19.4. The Morgan fingerprint density at radius 2 is 1.60 bits per heavy atom. The molecular weight excluding hydrogens is 444 g/mol. The van der Waals surface area contributed by atoms with Crippen LogP contribution in [0.3, 0.4) is 0 Å². The molecule has 1 N–H and O–H groups in total. The number of oxazole rings is 1. The second-order valence-corrected chi connectivity index (χ2v) is 7.89. The quantitative estimate of drug-likeness (QED) is 0.213. The highest BCUT2D eigenvalue weighted by atomic mass is 16.6. The summed E-state index contributed by atoms with van der Waals surface area (Å²) in [5, 5.41) is 13.2. The summed E-state index contributed by atoms with van der Waals surface area (Å²) in [5.74, 6) is 1.13. The maximum Gasteiger partial charge on any atom is 0.303 e. The SMILES string of the molecule is Cc1oc(-c2ccccc2)nc1COc1ccc(CON=C(CCC(=O)O)c2ccccc2)cc1. The number of aryl methyl sites for hydroxylation is 1. The minimum Gasteiger partial charge on any atom is -0.487 e. The second kappa shape index (κ2) is 11.7. The molecule has 0 amide bonds. The normalized spacial score (nSPS) is 11.3. The predicted molar refractivity (Wildman–Crippen MR) is 132 cm³/mol. The van der Waals surface area contributed by atoms with E-state index < -0.39 is 5.97 Å². The number of ether oxygens (including phenoxy) is 1. The molecule has 7 heteroatoms. The van der Waals surface area contributed by atoms with E-state index in [2.05, 4.69) is 10.1 Å². The molecule has 4 rings (SSSR count). The summed E-state index contributed by atoms with van der Waals surface area (Å²) < 4.78 is 11.7. The van der Waals surface area contributed by atoms with Crippen LogP contribution in [0.4, 0.5) is 0 Å². The number of hydrogen-bond donors (Lipinski definition) is 1. The topological polar surface area (TPSA) is 94.2 Å². The lowest BCUT2D eigenvalue weighted by Crippen LogP contribution is -2.06. The molecule has 1 heterocycles. The summed E-state index contributed by atoms with van der Waals surface area (Å²) >= 11 is 0. The summed E-state index contributed by atoms with van der Waals surface area (Å²) in [6.45, 7) is 2.43. The molecule has 3 aromatic carbocycles. The first-order valence-corrected chi connectivity index (χ1v) is 11.3. The number of rotatable bonds is 11. The van der Waals surface area contributed by atoms with Crippen LogP contribution in [-0.2, 0) is 22.8 Å². The van der Waals surface area contributed by atoms with Gasteiger partial charge in [0.2, 0.25) is 5.89 Å². The molecule has 0 spiro atoms. The molecule has 0 atom stereocenters. The van der Waals surface area contributed by atoms with E-state index in [1.165, 1.54) is 0 Å². The third kappa shape index (κ3) is 6.80. The van der Waals surface area contributed by atoms with Crippen molar-refractivity contribution >= 4 is 11.7 Å². The fraction of sp³-hybridized carbons (Fsp3) is 0.179. The minimum absolute atomic E-state index is 0.0129. The van der Waals surface area contributed by atoms with E-state index in [1.807, 2.05) is 91.9 Å². The van der Waals surface area contributed by atoms with E-state index in [9.17, 15) is 4.79 Å². The number of benzene rings is 3. The smallest absolute Gasteiger partial charge is 0.303 e. The fourth-order valence-electron chi connectivity index (χ4n) is 3.38. The van der Waals surface area contributed by atoms with Gasteiger partial charge in [0.1, 0.15) is 30.4 Å². The Kier molecular flexibility index (Phi) is 7.91. The van der Waals surface area contributed by atoms with Crippen molar-refractivity contribution in [3.05, 3.63) is 108 Å². The molecular formula is C28H26N2O5. The van der Waals surface area contributed by atoms with Crippen LogP contribution in [0.5, 0.6) is 5.75 Å².